The minimum absolute atomic E-state index is 0.0142. The molecule has 1 atom stereocenters. The van der Waals surface area contributed by atoms with Crippen LogP contribution in [0.15, 0.2) is 26.9 Å². The Morgan fingerprint density at radius 1 is 1.33 bits per heavy atom. The lowest BCUT2D eigenvalue weighted by atomic mass is 10.3. The Morgan fingerprint density at radius 2 is 2.07 bits per heavy atom. The number of aliphatic hydroxyl groups excluding tert-OH is 1. The van der Waals surface area contributed by atoms with E-state index in [2.05, 4.69) is 15.5 Å². The normalized spacial score (nSPS) is 12.0. The topological polar surface area (TPSA) is 84.3 Å². The van der Waals surface area contributed by atoms with Crippen LogP contribution >= 0.6 is 58.1 Å². The molecule has 1 aromatic heterocycles. The second kappa shape index (κ2) is 12.0. The molecule has 0 aliphatic rings. The Balaban J connectivity index is 1.70. The molecule has 0 spiro atoms. The number of thioether (sulfide) groups is 2. The van der Waals surface area contributed by atoms with Crippen LogP contribution < -0.4 is 10.1 Å². The van der Waals surface area contributed by atoms with Crippen LogP contribution in [0.1, 0.15) is 13.3 Å². The number of carbonyl (C=O) groups is 1. The molecule has 27 heavy (non-hydrogen) atoms. The van der Waals surface area contributed by atoms with E-state index in [0.29, 0.717) is 33.8 Å². The number of benzene rings is 1. The van der Waals surface area contributed by atoms with Crippen molar-refractivity contribution in [1.82, 2.24) is 15.5 Å². The first kappa shape index (κ1) is 22.6. The number of carbonyl (C=O) groups excluding carboxylic acids is 1. The summed E-state index contributed by atoms with van der Waals surface area (Å²) < 4.78 is 6.97. The Labute approximate surface area is 180 Å². The average molecular weight is 468 g/mol. The van der Waals surface area contributed by atoms with Crippen molar-refractivity contribution in [2.75, 3.05) is 24.7 Å². The first-order valence-corrected chi connectivity index (χ1v) is 11.6. The zero-order valence-corrected chi connectivity index (χ0v) is 18.4. The van der Waals surface area contributed by atoms with E-state index in [1.54, 1.807) is 18.2 Å². The number of amides is 1. The van der Waals surface area contributed by atoms with E-state index in [0.717, 1.165) is 15.1 Å². The monoisotopic (exact) mass is 467 g/mol. The zero-order valence-electron chi connectivity index (χ0n) is 14.5. The van der Waals surface area contributed by atoms with Crippen molar-refractivity contribution in [1.29, 1.82) is 0 Å². The summed E-state index contributed by atoms with van der Waals surface area (Å²) in [6, 6.07) is 4.92. The molecule has 0 radical (unpaired) electrons. The van der Waals surface area contributed by atoms with Crippen molar-refractivity contribution < 1.29 is 14.6 Å². The summed E-state index contributed by atoms with van der Waals surface area (Å²) in [4.78, 5) is 11.6. The molecule has 1 aromatic carbocycles. The quantitative estimate of drug-likeness (QED) is 0.483. The lowest BCUT2D eigenvalue weighted by Gasteiger charge is -2.12. The number of rotatable bonds is 11. The van der Waals surface area contributed by atoms with Crippen LogP contribution in [-0.2, 0) is 4.79 Å². The molecule has 0 saturated heterocycles. The fourth-order valence-corrected chi connectivity index (χ4v) is 5.00. The first-order valence-electron chi connectivity index (χ1n) is 8.09. The lowest BCUT2D eigenvalue weighted by molar-refractivity contribution is -0.118. The van der Waals surface area contributed by atoms with Gasteiger partial charge in [-0.2, -0.15) is 0 Å². The van der Waals surface area contributed by atoms with Crippen LogP contribution in [0.25, 0.3) is 0 Å². The zero-order chi connectivity index (χ0) is 19.6. The van der Waals surface area contributed by atoms with Crippen molar-refractivity contribution in [2.45, 2.75) is 28.1 Å². The standard InChI is InChI=1S/C16H19Cl2N3O3S3/c1-2-5-19-14(23)9-26-16-21-20-15(27-16)25-8-11(22)7-24-13-4-3-10(17)6-12(13)18/h3-4,6,11,22H,2,5,7-9H2,1H3,(H,19,23). The maximum atomic E-state index is 11.6. The number of ether oxygens (including phenoxy) is 1. The molecule has 0 bridgehead atoms. The maximum absolute atomic E-state index is 11.6. The van der Waals surface area contributed by atoms with Crippen molar-refractivity contribution in [3.63, 3.8) is 0 Å². The number of halogens is 2. The van der Waals surface area contributed by atoms with Crippen molar-refractivity contribution >= 4 is 64.0 Å². The molecule has 1 amide bonds. The molecule has 2 N–H and O–H groups in total. The Hall–Kier alpha value is -0.710. The molecule has 6 nitrogen and oxygen atoms in total. The van der Waals surface area contributed by atoms with Crippen LogP contribution in [-0.4, -0.2) is 52.0 Å². The van der Waals surface area contributed by atoms with Gasteiger partial charge in [-0.1, -0.05) is 65.0 Å². The third-order valence-electron chi connectivity index (χ3n) is 3.01. The van der Waals surface area contributed by atoms with Gasteiger partial charge in [0, 0.05) is 17.3 Å². The molecule has 0 aliphatic heterocycles. The van der Waals surface area contributed by atoms with Crippen LogP contribution in [0.3, 0.4) is 0 Å². The number of hydrogen-bond acceptors (Lipinski definition) is 8. The lowest BCUT2D eigenvalue weighted by Crippen LogP contribution is -2.25. The van der Waals surface area contributed by atoms with Gasteiger partial charge in [-0.3, -0.25) is 4.79 Å². The largest absolute Gasteiger partial charge is 0.489 e. The minimum atomic E-state index is -0.693. The van der Waals surface area contributed by atoms with Gasteiger partial charge in [-0.15, -0.1) is 10.2 Å². The second-order valence-electron chi connectivity index (χ2n) is 5.32. The van der Waals surface area contributed by atoms with Crippen LogP contribution in [0.2, 0.25) is 10.0 Å². The van der Waals surface area contributed by atoms with Crippen molar-refractivity contribution in [2.24, 2.45) is 0 Å². The van der Waals surface area contributed by atoms with Crippen LogP contribution in [0.5, 0.6) is 5.75 Å². The van der Waals surface area contributed by atoms with Gasteiger partial charge in [0.05, 0.1) is 16.9 Å². The Morgan fingerprint density at radius 3 is 2.78 bits per heavy atom. The molecule has 1 unspecified atom stereocenters. The summed E-state index contributed by atoms with van der Waals surface area (Å²) in [5.41, 5.74) is 0. The summed E-state index contributed by atoms with van der Waals surface area (Å²) in [5, 5.41) is 21.9. The smallest absolute Gasteiger partial charge is 0.230 e. The molecule has 1 heterocycles. The summed E-state index contributed by atoms with van der Waals surface area (Å²) in [5.74, 6) is 1.18. The van der Waals surface area contributed by atoms with Gasteiger partial charge in [-0.05, 0) is 24.6 Å². The number of aliphatic hydroxyl groups is 1. The third kappa shape index (κ3) is 8.45. The van der Waals surface area contributed by atoms with E-state index in [1.165, 1.54) is 34.9 Å². The number of hydrogen-bond donors (Lipinski definition) is 2. The molecule has 11 heteroatoms. The summed E-state index contributed by atoms with van der Waals surface area (Å²) >= 11 is 16.0. The molecule has 0 aliphatic carbocycles. The fraction of sp³-hybridized carbons (Fsp3) is 0.438. The molecule has 0 saturated carbocycles. The molecule has 2 rings (SSSR count). The average Bonchev–Trinajstić information content (AvgIpc) is 3.10. The van der Waals surface area contributed by atoms with Crippen LogP contribution in [0.4, 0.5) is 0 Å². The van der Waals surface area contributed by atoms with Gasteiger partial charge < -0.3 is 15.2 Å². The van der Waals surface area contributed by atoms with Crippen molar-refractivity contribution in [3.8, 4) is 5.75 Å². The minimum Gasteiger partial charge on any atom is -0.489 e. The van der Waals surface area contributed by atoms with E-state index in [-0.39, 0.29) is 12.5 Å². The van der Waals surface area contributed by atoms with Gasteiger partial charge in [0.2, 0.25) is 5.91 Å². The van der Waals surface area contributed by atoms with Crippen LogP contribution in [0, 0.1) is 0 Å². The van der Waals surface area contributed by atoms with E-state index in [9.17, 15) is 9.90 Å². The van der Waals surface area contributed by atoms with Gasteiger partial charge in [-0.25, -0.2) is 0 Å². The van der Waals surface area contributed by atoms with E-state index >= 15 is 0 Å². The van der Waals surface area contributed by atoms with Gasteiger partial charge in [0.25, 0.3) is 0 Å². The Bertz CT molecular complexity index is 749. The molecule has 0 fully saturated rings. The highest BCUT2D eigenvalue weighted by atomic mass is 35.5. The van der Waals surface area contributed by atoms with E-state index < -0.39 is 6.10 Å². The molecule has 2 aromatic rings. The first-order chi connectivity index (χ1) is 13.0. The maximum Gasteiger partial charge on any atom is 0.230 e. The predicted molar refractivity (Wildman–Crippen MR) is 113 cm³/mol. The molecule has 148 valence electrons. The third-order valence-corrected chi connectivity index (χ3v) is 6.88. The number of nitrogens with zero attached hydrogens (tertiary/aromatic N) is 2. The van der Waals surface area contributed by atoms with Gasteiger partial charge >= 0.3 is 0 Å². The number of aromatic nitrogens is 2. The second-order valence-corrected chi connectivity index (χ2v) is 9.63. The highest BCUT2D eigenvalue weighted by molar-refractivity contribution is 8.03. The fourth-order valence-electron chi connectivity index (χ4n) is 1.75. The highest BCUT2D eigenvalue weighted by Crippen LogP contribution is 2.30. The van der Waals surface area contributed by atoms with Gasteiger partial charge in [0.1, 0.15) is 12.4 Å². The Kier molecular flexibility index (Phi) is 10.0. The molecular formula is C16H19Cl2N3O3S3. The van der Waals surface area contributed by atoms with Gasteiger partial charge in [0.15, 0.2) is 8.68 Å². The van der Waals surface area contributed by atoms with Crippen molar-refractivity contribution in [3.05, 3.63) is 28.2 Å². The predicted octanol–water partition coefficient (Wildman–Crippen LogP) is 4.00. The number of nitrogens with one attached hydrogen (secondary N) is 1. The highest BCUT2D eigenvalue weighted by Gasteiger charge is 2.12. The summed E-state index contributed by atoms with van der Waals surface area (Å²) in [7, 11) is 0. The SMILES string of the molecule is CCCNC(=O)CSc1nnc(SCC(O)COc2ccc(Cl)cc2Cl)s1. The van der Waals surface area contributed by atoms with E-state index in [1.807, 2.05) is 6.92 Å². The van der Waals surface area contributed by atoms with E-state index in [4.69, 9.17) is 27.9 Å². The summed E-state index contributed by atoms with van der Waals surface area (Å²) in [6.07, 6.45) is 0.216. The summed E-state index contributed by atoms with van der Waals surface area (Å²) in [6.45, 7) is 2.79. The molecular weight excluding hydrogens is 449 g/mol.